The maximum Gasteiger partial charge on any atom is 0.315 e. The van der Waals surface area contributed by atoms with E-state index in [9.17, 15) is 14.7 Å². The monoisotopic (exact) mass is 284 g/mol. The highest BCUT2D eigenvalue weighted by molar-refractivity contribution is 5.74. The van der Waals surface area contributed by atoms with Gasteiger partial charge in [0.1, 0.15) is 0 Å². The molecule has 0 radical (unpaired) electrons. The smallest absolute Gasteiger partial charge is 0.315 e. The summed E-state index contributed by atoms with van der Waals surface area (Å²) in [6, 6.07) is -0.118. The molecule has 0 aromatic carbocycles. The Hall–Kier alpha value is -1.26. The van der Waals surface area contributed by atoms with Crippen molar-refractivity contribution in [1.29, 1.82) is 0 Å². The van der Waals surface area contributed by atoms with Crippen LogP contribution in [0, 0.1) is 23.2 Å². The number of aliphatic carboxylic acids is 1. The highest BCUT2D eigenvalue weighted by atomic mass is 16.4. The molecule has 5 nitrogen and oxygen atoms in total. The first-order chi connectivity index (χ1) is 9.16. The highest BCUT2D eigenvalue weighted by Gasteiger charge is 2.46. The molecule has 3 N–H and O–H groups in total. The summed E-state index contributed by atoms with van der Waals surface area (Å²) in [5, 5.41) is 15.1. The predicted octanol–water partition coefficient (Wildman–Crippen LogP) is 2.47. The molecule has 0 aromatic heterocycles. The Labute approximate surface area is 121 Å². The summed E-state index contributed by atoms with van der Waals surface area (Å²) in [4.78, 5) is 23.2. The summed E-state index contributed by atoms with van der Waals surface area (Å²) in [6.45, 7) is 10.7. The zero-order valence-electron chi connectivity index (χ0n) is 13.2. The van der Waals surface area contributed by atoms with E-state index >= 15 is 0 Å². The lowest BCUT2D eigenvalue weighted by atomic mass is 9.61. The Morgan fingerprint density at radius 1 is 1.30 bits per heavy atom. The van der Waals surface area contributed by atoms with Crippen LogP contribution >= 0.6 is 0 Å². The fourth-order valence-corrected chi connectivity index (χ4v) is 2.96. The lowest BCUT2D eigenvalue weighted by Crippen LogP contribution is -2.54. The molecule has 20 heavy (non-hydrogen) atoms. The van der Waals surface area contributed by atoms with Crippen LogP contribution in [0.25, 0.3) is 0 Å². The summed E-state index contributed by atoms with van der Waals surface area (Å²) in [5.41, 5.74) is -0.319. The zero-order chi connectivity index (χ0) is 15.5. The molecule has 3 unspecified atom stereocenters. The van der Waals surface area contributed by atoms with E-state index in [1.165, 1.54) is 0 Å². The minimum Gasteiger partial charge on any atom is -0.481 e. The van der Waals surface area contributed by atoms with E-state index in [1.54, 1.807) is 0 Å². The average Bonchev–Trinajstić information content (AvgIpc) is 2.32. The molecule has 0 heterocycles. The number of amides is 2. The predicted molar refractivity (Wildman–Crippen MR) is 78.5 cm³/mol. The van der Waals surface area contributed by atoms with Crippen LogP contribution in [0.3, 0.4) is 0 Å². The fraction of sp³-hybridized carbons (Fsp3) is 0.867. The Morgan fingerprint density at radius 3 is 2.40 bits per heavy atom. The SMILES string of the molecule is CC(C)CNC(=O)NC1CCC(C(=O)O)C(C)(C)C1C. The van der Waals surface area contributed by atoms with E-state index in [0.29, 0.717) is 18.9 Å². The van der Waals surface area contributed by atoms with Gasteiger partial charge in [-0.1, -0.05) is 34.6 Å². The molecule has 1 aliphatic rings. The second-order valence-electron chi connectivity index (χ2n) is 6.93. The molecule has 5 heteroatoms. The Bertz CT molecular complexity index is 366. The first-order valence-corrected chi connectivity index (χ1v) is 7.43. The number of carbonyl (C=O) groups is 2. The molecule has 0 aliphatic heterocycles. The van der Waals surface area contributed by atoms with E-state index in [0.717, 1.165) is 6.42 Å². The molecule has 0 spiro atoms. The average molecular weight is 284 g/mol. The Morgan fingerprint density at radius 2 is 1.90 bits per heavy atom. The van der Waals surface area contributed by atoms with E-state index < -0.39 is 5.97 Å². The van der Waals surface area contributed by atoms with Crippen LogP contribution < -0.4 is 10.6 Å². The van der Waals surface area contributed by atoms with Crippen LogP contribution in [0.15, 0.2) is 0 Å². The van der Waals surface area contributed by atoms with Gasteiger partial charge < -0.3 is 15.7 Å². The van der Waals surface area contributed by atoms with E-state index in [-0.39, 0.29) is 29.3 Å². The summed E-state index contributed by atoms with van der Waals surface area (Å²) in [6.07, 6.45) is 1.33. The number of carbonyl (C=O) groups excluding carboxylic acids is 1. The van der Waals surface area contributed by atoms with Crippen LogP contribution in [-0.2, 0) is 4.79 Å². The van der Waals surface area contributed by atoms with E-state index in [2.05, 4.69) is 10.6 Å². The van der Waals surface area contributed by atoms with Crippen molar-refractivity contribution < 1.29 is 14.7 Å². The normalized spacial score (nSPS) is 29.0. The Kier molecular flexibility index (Phi) is 5.42. The van der Waals surface area contributed by atoms with E-state index in [4.69, 9.17) is 0 Å². The van der Waals surface area contributed by atoms with Crippen molar-refractivity contribution in [3.8, 4) is 0 Å². The molecule has 3 atom stereocenters. The first-order valence-electron chi connectivity index (χ1n) is 7.43. The molecule has 1 rings (SSSR count). The van der Waals surface area contributed by atoms with Crippen molar-refractivity contribution in [3.63, 3.8) is 0 Å². The zero-order valence-corrected chi connectivity index (χ0v) is 13.2. The first kappa shape index (κ1) is 16.8. The van der Waals surface area contributed by atoms with Crippen LogP contribution in [0.1, 0.15) is 47.5 Å². The lowest BCUT2D eigenvalue weighted by Gasteiger charge is -2.46. The minimum atomic E-state index is -0.732. The molecule has 0 aromatic rings. The van der Waals surface area contributed by atoms with E-state index in [1.807, 2.05) is 34.6 Å². The molecular formula is C15H28N2O3. The third-order valence-corrected chi connectivity index (χ3v) is 4.73. The summed E-state index contributed by atoms with van der Waals surface area (Å²) in [5.74, 6) is -0.529. The van der Waals surface area contributed by atoms with Crippen molar-refractivity contribution in [1.82, 2.24) is 10.6 Å². The van der Waals surface area contributed by atoms with Gasteiger partial charge in [-0.05, 0) is 30.1 Å². The number of urea groups is 1. The molecule has 2 amide bonds. The van der Waals surface area contributed by atoms with Gasteiger partial charge in [-0.25, -0.2) is 4.79 Å². The van der Waals surface area contributed by atoms with Gasteiger partial charge in [0.25, 0.3) is 0 Å². The lowest BCUT2D eigenvalue weighted by molar-refractivity contribution is -0.150. The molecular weight excluding hydrogens is 256 g/mol. The topological polar surface area (TPSA) is 78.4 Å². The minimum absolute atomic E-state index is 0.0350. The maximum atomic E-state index is 11.8. The largest absolute Gasteiger partial charge is 0.481 e. The van der Waals surface area contributed by atoms with Gasteiger partial charge in [-0.15, -0.1) is 0 Å². The second-order valence-corrected chi connectivity index (χ2v) is 6.93. The summed E-state index contributed by atoms with van der Waals surface area (Å²) < 4.78 is 0. The number of hydrogen-bond acceptors (Lipinski definition) is 2. The van der Waals surface area contributed by atoms with Gasteiger partial charge in [0, 0.05) is 12.6 Å². The van der Waals surface area contributed by atoms with Crippen molar-refractivity contribution in [3.05, 3.63) is 0 Å². The van der Waals surface area contributed by atoms with Gasteiger partial charge in [-0.2, -0.15) is 0 Å². The van der Waals surface area contributed by atoms with Crippen molar-refractivity contribution in [2.24, 2.45) is 23.2 Å². The van der Waals surface area contributed by atoms with Crippen LogP contribution in [0.2, 0.25) is 0 Å². The van der Waals surface area contributed by atoms with Gasteiger partial charge in [-0.3, -0.25) is 4.79 Å². The van der Waals surface area contributed by atoms with Gasteiger partial charge >= 0.3 is 12.0 Å². The molecule has 1 fully saturated rings. The number of carboxylic acid groups (broad SMARTS) is 1. The number of hydrogen-bond donors (Lipinski definition) is 3. The van der Waals surface area contributed by atoms with Crippen molar-refractivity contribution in [2.45, 2.75) is 53.5 Å². The molecule has 1 saturated carbocycles. The summed E-state index contributed by atoms with van der Waals surface area (Å²) >= 11 is 0. The standard InChI is InChI=1S/C15H28N2O3/c1-9(2)8-16-14(20)17-12-7-6-11(13(18)19)15(4,5)10(12)3/h9-12H,6-8H2,1-5H3,(H,18,19)(H2,16,17,20). The molecule has 1 aliphatic carbocycles. The van der Waals surface area contributed by atoms with Crippen molar-refractivity contribution >= 4 is 12.0 Å². The molecule has 0 bridgehead atoms. The fourth-order valence-electron chi connectivity index (χ4n) is 2.96. The second kappa shape index (κ2) is 6.46. The number of rotatable bonds is 4. The van der Waals surface area contributed by atoms with Crippen LogP contribution in [0.4, 0.5) is 4.79 Å². The highest BCUT2D eigenvalue weighted by Crippen LogP contribution is 2.45. The van der Waals surface area contributed by atoms with Crippen LogP contribution in [-0.4, -0.2) is 29.7 Å². The maximum absolute atomic E-state index is 11.8. The molecule has 116 valence electrons. The third kappa shape index (κ3) is 3.87. The van der Waals surface area contributed by atoms with Gasteiger partial charge in [0.05, 0.1) is 5.92 Å². The molecule has 0 saturated heterocycles. The quantitative estimate of drug-likeness (QED) is 0.742. The van der Waals surface area contributed by atoms with Gasteiger partial charge in [0.2, 0.25) is 0 Å². The van der Waals surface area contributed by atoms with Crippen LogP contribution in [0.5, 0.6) is 0 Å². The number of carboxylic acids is 1. The summed E-state index contributed by atoms with van der Waals surface area (Å²) in [7, 11) is 0. The van der Waals surface area contributed by atoms with Gasteiger partial charge in [0.15, 0.2) is 0 Å². The Balaban J connectivity index is 2.62. The third-order valence-electron chi connectivity index (χ3n) is 4.73. The van der Waals surface area contributed by atoms with Crippen molar-refractivity contribution in [2.75, 3.05) is 6.54 Å². The number of nitrogens with one attached hydrogen (secondary N) is 2.